The Balaban J connectivity index is 2.58. The average molecular weight is 273 g/mol. The molecule has 0 aliphatic carbocycles. The molecule has 1 rings (SSSR count). The van der Waals surface area contributed by atoms with Gasteiger partial charge in [-0.3, -0.25) is 9.59 Å². The molecule has 0 fully saturated rings. The van der Waals surface area contributed by atoms with E-state index in [4.69, 9.17) is 10.2 Å². The Morgan fingerprint density at radius 2 is 1.84 bits per heavy atom. The van der Waals surface area contributed by atoms with E-state index in [-0.39, 0.29) is 18.5 Å². The van der Waals surface area contributed by atoms with Crippen molar-refractivity contribution >= 4 is 11.9 Å². The fraction of sp³-hybridized carbons (Fsp3) is 0.333. The van der Waals surface area contributed by atoms with Gasteiger partial charge in [-0.15, -0.1) is 0 Å². The van der Waals surface area contributed by atoms with Crippen LogP contribution in [-0.4, -0.2) is 22.1 Å². The van der Waals surface area contributed by atoms with E-state index in [0.29, 0.717) is 0 Å². The Morgan fingerprint density at radius 1 is 1.32 bits per heavy atom. The number of hydrogen-bond acceptors (Lipinski definition) is 3. The van der Waals surface area contributed by atoms with Gasteiger partial charge < -0.3 is 15.5 Å². The first kappa shape index (κ1) is 14.9. The molecule has 0 bridgehead atoms. The third-order valence-electron chi connectivity index (χ3n) is 2.48. The minimum atomic E-state index is -1.12. The Morgan fingerprint density at radius 3 is 2.32 bits per heavy atom. The van der Waals surface area contributed by atoms with Crippen LogP contribution < -0.4 is 5.32 Å². The highest BCUT2D eigenvalue weighted by Gasteiger charge is 2.16. The second kappa shape index (κ2) is 6.12. The topological polar surface area (TPSA) is 86.6 Å². The quantitative estimate of drug-likeness (QED) is 0.756. The Hall–Kier alpha value is -2.18. The summed E-state index contributed by atoms with van der Waals surface area (Å²) in [6.45, 7) is 1.22. The smallest absolute Gasteiger partial charge is 0.306 e. The second-order valence-corrected chi connectivity index (χ2v) is 4.13. The molecule has 19 heavy (non-hydrogen) atoms. The third kappa shape index (κ3) is 4.20. The molecule has 0 aliphatic heterocycles. The van der Waals surface area contributed by atoms with Crippen LogP contribution in [0.2, 0.25) is 0 Å². The van der Waals surface area contributed by atoms with Crippen molar-refractivity contribution in [2.24, 2.45) is 5.92 Å². The van der Waals surface area contributed by atoms with Gasteiger partial charge in [-0.05, 0) is 17.7 Å². The van der Waals surface area contributed by atoms with E-state index in [1.54, 1.807) is 0 Å². The molecule has 0 saturated heterocycles. The Kier molecular flexibility index (Phi) is 4.80. The second-order valence-electron chi connectivity index (χ2n) is 4.13. The van der Waals surface area contributed by atoms with E-state index in [9.17, 15) is 18.4 Å². The first-order valence-electron chi connectivity index (χ1n) is 5.47. The summed E-state index contributed by atoms with van der Waals surface area (Å²) in [5, 5.41) is 19.8. The fourth-order valence-electron chi connectivity index (χ4n) is 1.36. The summed E-state index contributed by atoms with van der Waals surface area (Å²) in [6.07, 6.45) is -0.224. The first-order chi connectivity index (χ1) is 8.81. The molecule has 0 saturated carbocycles. The summed E-state index contributed by atoms with van der Waals surface area (Å²) in [5.41, 5.74) is 0.129. The molecule has 5 nitrogen and oxygen atoms in total. The minimum absolute atomic E-state index is 0.129. The maximum atomic E-state index is 13.0. The maximum Gasteiger partial charge on any atom is 0.306 e. The van der Waals surface area contributed by atoms with Crippen LogP contribution in [-0.2, 0) is 16.1 Å². The Labute approximate surface area is 107 Å². The zero-order valence-electron chi connectivity index (χ0n) is 10.1. The van der Waals surface area contributed by atoms with E-state index in [1.165, 1.54) is 6.92 Å². The number of benzene rings is 1. The van der Waals surface area contributed by atoms with Gasteiger partial charge in [-0.1, -0.05) is 6.92 Å². The van der Waals surface area contributed by atoms with Crippen LogP contribution >= 0.6 is 0 Å². The first-order valence-corrected chi connectivity index (χ1v) is 5.47. The molecule has 0 spiro atoms. The van der Waals surface area contributed by atoms with E-state index in [0.717, 1.165) is 12.1 Å². The van der Waals surface area contributed by atoms with Gasteiger partial charge in [0, 0.05) is 13.0 Å². The van der Waals surface area contributed by atoms with Crippen molar-refractivity contribution in [1.82, 2.24) is 5.32 Å². The minimum Gasteiger partial charge on any atom is -0.503 e. The maximum absolute atomic E-state index is 13.0. The largest absolute Gasteiger partial charge is 0.503 e. The average Bonchev–Trinajstić information content (AvgIpc) is 2.33. The monoisotopic (exact) mass is 273 g/mol. The predicted octanol–water partition coefficient (Wildman–Crippen LogP) is 1.40. The van der Waals surface area contributed by atoms with Gasteiger partial charge in [0.1, 0.15) is 0 Å². The molecule has 1 aromatic rings. The lowest BCUT2D eigenvalue weighted by Gasteiger charge is -2.08. The SMILES string of the molecule is C[C@@H](CC(=O)NCc1cc(F)c(O)c(F)c1)C(=O)O. The van der Waals surface area contributed by atoms with Crippen molar-refractivity contribution in [3.63, 3.8) is 0 Å². The lowest BCUT2D eigenvalue weighted by atomic mass is 10.1. The number of carbonyl (C=O) groups excluding carboxylic acids is 1. The van der Waals surface area contributed by atoms with E-state index < -0.39 is 35.2 Å². The summed E-state index contributed by atoms with van der Waals surface area (Å²) in [5.74, 6) is -5.80. The van der Waals surface area contributed by atoms with Crippen LogP contribution in [0, 0.1) is 17.6 Å². The summed E-state index contributed by atoms with van der Waals surface area (Å²) in [7, 11) is 0. The highest BCUT2D eigenvalue weighted by Crippen LogP contribution is 2.21. The van der Waals surface area contributed by atoms with Gasteiger partial charge in [0.25, 0.3) is 0 Å². The number of carboxylic acids is 1. The summed E-state index contributed by atoms with van der Waals surface area (Å²) < 4.78 is 26.0. The lowest BCUT2D eigenvalue weighted by Crippen LogP contribution is -2.26. The van der Waals surface area contributed by atoms with Crippen LogP contribution in [0.3, 0.4) is 0 Å². The number of aromatic hydroxyl groups is 1. The van der Waals surface area contributed by atoms with Gasteiger partial charge >= 0.3 is 5.97 Å². The van der Waals surface area contributed by atoms with Crippen molar-refractivity contribution in [3.8, 4) is 5.75 Å². The van der Waals surface area contributed by atoms with Crippen molar-refractivity contribution in [1.29, 1.82) is 0 Å². The highest BCUT2D eigenvalue weighted by atomic mass is 19.1. The number of carbonyl (C=O) groups is 2. The van der Waals surface area contributed by atoms with Gasteiger partial charge in [-0.2, -0.15) is 0 Å². The number of hydrogen-bond donors (Lipinski definition) is 3. The van der Waals surface area contributed by atoms with Crippen LogP contribution in [0.1, 0.15) is 18.9 Å². The number of rotatable bonds is 5. The molecular formula is C12H13F2NO4. The van der Waals surface area contributed by atoms with Crippen molar-refractivity contribution in [2.45, 2.75) is 19.9 Å². The number of aliphatic carboxylic acids is 1. The third-order valence-corrected chi connectivity index (χ3v) is 2.48. The Bertz CT molecular complexity index is 481. The molecular weight excluding hydrogens is 260 g/mol. The number of amides is 1. The van der Waals surface area contributed by atoms with Crippen molar-refractivity contribution < 1.29 is 28.6 Å². The molecule has 0 aliphatic rings. The number of carboxylic acid groups (broad SMARTS) is 1. The van der Waals surface area contributed by atoms with E-state index >= 15 is 0 Å². The normalized spacial score (nSPS) is 11.9. The molecule has 0 aromatic heterocycles. The molecule has 0 unspecified atom stereocenters. The number of nitrogens with one attached hydrogen (secondary N) is 1. The zero-order chi connectivity index (χ0) is 14.6. The summed E-state index contributed by atoms with van der Waals surface area (Å²) in [4.78, 5) is 21.9. The number of phenols is 1. The number of halogens is 2. The summed E-state index contributed by atoms with van der Waals surface area (Å²) in [6, 6.07) is 1.78. The van der Waals surface area contributed by atoms with Crippen molar-refractivity contribution in [3.05, 3.63) is 29.3 Å². The van der Waals surface area contributed by atoms with Gasteiger partial charge in [0.05, 0.1) is 5.92 Å². The summed E-state index contributed by atoms with van der Waals surface area (Å²) >= 11 is 0. The van der Waals surface area contributed by atoms with Crippen molar-refractivity contribution in [2.75, 3.05) is 0 Å². The number of phenolic OH excluding ortho intramolecular Hbond substituents is 1. The highest BCUT2D eigenvalue weighted by molar-refractivity contribution is 5.81. The standard InChI is InChI=1S/C12H13F2NO4/c1-6(12(18)19)2-10(16)15-5-7-3-8(13)11(17)9(14)4-7/h3-4,6,17H,2,5H2,1H3,(H,15,16)(H,18,19)/t6-/m0/s1. The van der Waals surface area contributed by atoms with Crippen LogP contribution in [0.5, 0.6) is 5.75 Å². The fourth-order valence-corrected chi connectivity index (χ4v) is 1.36. The van der Waals surface area contributed by atoms with Gasteiger partial charge in [-0.25, -0.2) is 8.78 Å². The molecule has 0 radical (unpaired) electrons. The molecule has 3 N–H and O–H groups in total. The van der Waals surface area contributed by atoms with E-state index in [2.05, 4.69) is 5.32 Å². The van der Waals surface area contributed by atoms with Gasteiger partial charge in [0.2, 0.25) is 5.91 Å². The molecule has 104 valence electrons. The lowest BCUT2D eigenvalue weighted by molar-refractivity contribution is -0.143. The molecule has 1 amide bonds. The molecule has 7 heteroatoms. The molecule has 0 heterocycles. The molecule has 1 atom stereocenters. The predicted molar refractivity (Wildman–Crippen MR) is 61.3 cm³/mol. The van der Waals surface area contributed by atoms with Crippen LogP contribution in [0.25, 0.3) is 0 Å². The molecule has 1 aromatic carbocycles. The van der Waals surface area contributed by atoms with Gasteiger partial charge in [0.15, 0.2) is 17.4 Å². The van der Waals surface area contributed by atoms with E-state index in [1.807, 2.05) is 0 Å². The zero-order valence-corrected chi connectivity index (χ0v) is 10.1. The van der Waals surface area contributed by atoms with Crippen LogP contribution in [0.15, 0.2) is 12.1 Å². The van der Waals surface area contributed by atoms with Crippen LogP contribution in [0.4, 0.5) is 8.78 Å².